The van der Waals surface area contributed by atoms with Gasteiger partial charge in [-0.3, -0.25) is 0 Å². The highest BCUT2D eigenvalue weighted by Crippen LogP contribution is 2.12. The van der Waals surface area contributed by atoms with Crippen molar-refractivity contribution in [3.8, 4) is 0 Å². The lowest BCUT2D eigenvalue weighted by atomic mass is 10.0. The largest absolute Gasteiger partial charge is 0.307 e. The van der Waals surface area contributed by atoms with Gasteiger partial charge in [-0.1, -0.05) is 39.0 Å². The highest BCUT2D eigenvalue weighted by Gasteiger charge is 1.96. The Kier molecular flexibility index (Phi) is 6.73. The van der Waals surface area contributed by atoms with Crippen molar-refractivity contribution >= 4 is 6.79 Å². The molecule has 1 aromatic carbocycles. The van der Waals surface area contributed by atoms with Gasteiger partial charge >= 0.3 is 0 Å². The van der Waals surface area contributed by atoms with Crippen molar-refractivity contribution in [2.24, 2.45) is 0 Å². The summed E-state index contributed by atoms with van der Waals surface area (Å²) in [6, 6.07) is 6.96. The van der Waals surface area contributed by atoms with E-state index in [4.69, 9.17) is 4.79 Å². The van der Waals surface area contributed by atoms with E-state index in [1.54, 1.807) is 0 Å². The molecule has 1 aromatic rings. The van der Waals surface area contributed by atoms with Crippen LogP contribution in [0.1, 0.15) is 37.5 Å². The van der Waals surface area contributed by atoms with Gasteiger partial charge in [0.25, 0.3) is 0 Å². The number of aryl methyl sites for hydroxylation is 3. The molecule has 1 heteroatoms. The molecule has 0 spiro atoms. The van der Waals surface area contributed by atoms with E-state index in [1.807, 2.05) is 6.79 Å². The van der Waals surface area contributed by atoms with Crippen LogP contribution in [0.2, 0.25) is 0 Å². The normalized spacial score (nSPS) is 9.07. The molecule has 1 nitrogen and oxygen atoms in total. The van der Waals surface area contributed by atoms with E-state index in [2.05, 4.69) is 39.0 Å². The molecule has 78 valence electrons. The van der Waals surface area contributed by atoms with E-state index >= 15 is 0 Å². The molecule has 0 aliphatic carbocycles. The maximum absolute atomic E-state index is 8.00. The molecule has 0 atom stereocenters. The summed E-state index contributed by atoms with van der Waals surface area (Å²) in [6.45, 7) is 8.65. The highest BCUT2D eigenvalue weighted by atomic mass is 16.1. The molecule has 0 aliphatic rings. The number of hydrogen-bond donors (Lipinski definition) is 0. The van der Waals surface area contributed by atoms with Crippen LogP contribution in [0.15, 0.2) is 18.2 Å². The standard InChI is InChI=1S/C12H18.CH2O/c1-4-10-7-11(5-2)9-12(6-3)8-10;1-2/h7-9H,4-6H2,1-3H3;1H2. The number of carbonyl (C=O) groups excluding carboxylic acids is 1. The quantitative estimate of drug-likeness (QED) is 0.718. The van der Waals surface area contributed by atoms with Gasteiger partial charge in [0, 0.05) is 0 Å². The van der Waals surface area contributed by atoms with E-state index in [-0.39, 0.29) is 0 Å². The van der Waals surface area contributed by atoms with Crippen LogP contribution in [-0.4, -0.2) is 6.79 Å². The smallest absolute Gasteiger partial charge is 0.106 e. The number of rotatable bonds is 3. The predicted octanol–water partition coefficient (Wildman–Crippen LogP) is 3.19. The lowest BCUT2D eigenvalue weighted by Crippen LogP contribution is -1.90. The molecule has 1 rings (SSSR count). The summed E-state index contributed by atoms with van der Waals surface area (Å²) in [5.41, 5.74) is 4.43. The lowest BCUT2D eigenvalue weighted by Gasteiger charge is -2.05. The van der Waals surface area contributed by atoms with Crippen molar-refractivity contribution in [3.05, 3.63) is 34.9 Å². The average molecular weight is 192 g/mol. The highest BCUT2D eigenvalue weighted by molar-refractivity contribution is 5.30. The van der Waals surface area contributed by atoms with Gasteiger partial charge < -0.3 is 4.79 Å². The molecular formula is C13H20O. The molecule has 14 heavy (non-hydrogen) atoms. The molecular weight excluding hydrogens is 172 g/mol. The number of hydrogen-bond acceptors (Lipinski definition) is 1. The molecule has 0 saturated carbocycles. The monoisotopic (exact) mass is 192 g/mol. The van der Waals surface area contributed by atoms with Crippen LogP contribution in [0.25, 0.3) is 0 Å². The van der Waals surface area contributed by atoms with Crippen molar-refractivity contribution in [1.82, 2.24) is 0 Å². The number of benzene rings is 1. The van der Waals surface area contributed by atoms with Crippen LogP contribution in [0.3, 0.4) is 0 Å². The summed E-state index contributed by atoms with van der Waals surface area (Å²) in [5.74, 6) is 0. The average Bonchev–Trinajstić information content (AvgIpc) is 2.30. The Hall–Kier alpha value is -1.11. The molecule has 0 fully saturated rings. The van der Waals surface area contributed by atoms with E-state index in [0.29, 0.717) is 0 Å². The second-order valence-electron chi connectivity index (χ2n) is 3.22. The SMILES string of the molecule is C=O.CCc1cc(CC)cc(CC)c1. The van der Waals surface area contributed by atoms with Crippen molar-refractivity contribution < 1.29 is 4.79 Å². The minimum absolute atomic E-state index is 1.15. The molecule has 0 heterocycles. The Morgan fingerprint density at radius 1 is 0.786 bits per heavy atom. The lowest BCUT2D eigenvalue weighted by molar-refractivity contribution is -0.0979. The fourth-order valence-electron chi connectivity index (χ4n) is 1.45. The van der Waals surface area contributed by atoms with Crippen LogP contribution in [0, 0.1) is 0 Å². The zero-order valence-corrected chi connectivity index (χ0v) is 9.47. The van der Waals surface area contributed by atoms with Gasteiger partial charge in [-0.25, -0.2) is 0 Å². The van der Waals surface area contributed by atoms with Crippen molar-refractivity contribution in [1.29, 1.82) is 0 Å². The molecule has 0 aromatic heterocycles. The van der Waals surface area contributed by atoms with E-state index in [9.17, 15) is 0 Å². The zero-order chi connectivity index (χ0) is 11.0. The van der Waals surface area contributed by atoms with E-state index < -0.39 is 0 Å². The van der Waals surface area contributed by atoms with Gasteiger partial charge in [-0.15, -0.1) is 0 Å². The molecule has 0 unspecified atom stereocenters. The third-order valence-corrected chi connectivity index (χ3v) is 2.34. The topological polar surface area (TPSA) is 17.1 Å². The molecule has 0 radical (unpaired) electrons. The van der Waals surface area contributed by atoms with Gasteiger partial charge in [0.15, 0.2) is 0 Å². The summed E-state index contributed by atoms with van der Waals surface area (Å²) >= 11 is 0. The van der Waals surface area contributed by atoms with Crippen LogP contribution in [0.5, 0.6) is 0 Å². The summed E-state index contributed by atoms with van der Waals surface area (Å²) in [4.78, 5) is 8.00. The Bertz CT molecular complexity index is 211. The Morgan fingerprint density at radius 2 is 1.00 bits per heavy atom. The Labute approximate surface area is 87.2 Å². The Morgan fingerprint density at radius 3 is 1.14 bits per heavy atom. The first kappa shape index (κ1) is 12.9. The molecule has 0 saturated heterocycles. The second kappa shape index (κ2) is 7.31. The zero-order valence-electron chi connectivity index (χ0n) is 9.47. The van der Waals surface area contributed by atoms with Crippen LogP contribution >= 0.6 is 0 Å². The number of carbonyl (C=O) groups is 1. The maximum atomic E-state index is 8.00. The minimum atomic E-state index is 1.15. The summed E-state index contributed by atoms with van der Waals surface area (Å²) in [6.07, 6.45) is 3.46. The minimum Gasteiger partial charge on any atom is -0.307 e. The molecule has 0 aliphatic heterocycles. The second-order valence-corrected chi connectivity index (χ2v) is 3.22. The first-order chi connectivity index (χ1) is 6.80. The van der Waals surface area contributed by atoms with E-state index in [1.165, 1.54) is 16.7 Å². The van der Waals surface area contributed by atoms with E-state index in [0.717, 1.165) is 19.3 Å². The van der Waals surface area contributed by atoms with Gasteiger partial charge in [-0.05, 0) is 36.0 Å². The first-order valence-electron chi connectivity index (χ1n) is 5.20. The summed E-state index contributed by atoms with van der Waals surface area (Å²) in [5, 5.41) is 0. The third kappa shape index (κ3) is 3.73. The first-order valence-corrected chi connectivity index (χ1v) is 5.20. The van der Waals surface area contributed by atoms with Gasteiger partial charge in [0.2, 0.25) is 0 Å². The van der Waals surface area contributed by atoms with Crippen molar-refractivity contribution in [2.45, 2.75) is 40.0 Å². The predicted molar refractivity (Wildman–Crippen MR) is 61.7 cm³/mol. The molecule has 0 bridgehead atoms. The Balaban J connectivity index is 0.000000791. The van der Waals surface area contributed by atoms with Gasteiger partial charge in [0.1, 0.15) is 6.79 Å². The van der Waals surface area contributed by atoms with Crippen LogP contribution in [-0.2, 0) is 24.1 Å². The van der Waals surface area contributed by atoms with Gasteiger partial charge in [0.05, 0.1) is 0 Å². The maximum Gasteiger partial charge on any atom is 0.106 e. The fraction of sp³-hybridized carbons (Fsp3) is 0.462. The third-order valence-electron chi connectivity index (χ3n) is 2.34. The van der Waals surface area contributed by atoms with Crippen LogP contribution in [0.4, 0.5) is 0 Å². The fourth-order valence-corrected chi connectivity index (χ4v) is 1.45. The molecule has 0 amide bonds. The van der Waals surface area contributed by atoms with Gasteiger partial charge in [-0.2, -0.15) is 0 Å². The molecule has 0 N–H and O–H groups in total. The summed E-state index contributed by atoms with van der Waals surface area (Å²) < 4.78 is 0. The van der Waals surface area contributed by atoms with Crippen molar-refractivity contribution in [3.63, 3.8) is 0 Å². The van der Waals surface area contributed by atoms with Crippen molar-refractivity contribution in [2.75, 3.05) is 0 Å². The van der Waals surface area contributed by atoms with Crippen LogP contribution < -0.4 is 0 Å². The summed E-state index contributed by atoms with van der Waals surface area (Å²) in [7, 11) is 0.